The highest BCUT2D eigenvalue weighted by molar-refractivity contribution is 5.86. The Morgan fingerprint density at radius 1 is 1.22 bits per heavy atom. The van der Waals surface area contributed by atoms with Gasteiger partial charge in [0, 0.05) is 59.8 Å². The molecule has 0 amide bonds. The van der Waals surface area contributed by atoms with E-state index >= 15 is 0 Å². The van der Waals surface area contributed by atoms with Crippen molar-refractivity contribution in [2.45, 2.75) is 53.4 Å². The molecule has 37 heavy (non-hydrogen) atoms. The summed E-state index contributed by atoms with van der Waals surface area (Å²) in [6.07, 6.45) is 13.8. The van der Waals surface area contributed by atoms with E-state index in [1.54, 1.807) is 12.3 Å². The number of nitrogens with zero attached hydrogens (tertiary/aromatic N) is 4. The number of nitrogens with one attached hydrogen (secondary N) is 2. The maximum atomic E-state index is 6.31. The molecule has 0 atom stereocenters. The minimum Gasteiger partial charge on any atom is -0.383 e. The number of hydrogen-bond acceptors (Lipinski definition) is 6. The first-order valence-corrected chi connectivity index (χ1v) is 13.0. The average molecular weight is 498 g/mol. The number of aromatic nitrogens is 4. The Kier molecular flexibility index (Phi) is 7.81. The summed E-state index contributed by atoms with van der Waals surface area (Å²) >= 11 is 0. The lowest BCUT2D eigenvalue weighted by atomic mass is 9.92. The third-order valence-corrected chi connectivity index (χ3v) is 6.82. The van der Waals surface area contributed by atoms with E-state index in [1.165, 1.54) is 19.3 Å². The highest BCUT2D eigenvalue weighted by Crippen LogP contribution is 2.28. The van der Waals surface area contributed by atoms with Crippen molar-refractivity contribution in [3.05, 3.63) is 84.3 Å². The minimum absolute atomic E-state index is 0.0654. The molecule has 1 saturated heterocycles. The number of nitrogens with two attached hydrogens (primary N) is 1. The zero-order valence-corrected chi connectivity index (χ0v) is 22.6. The van der Waals surface area contributed by atoms with Crippen molar-refractivity contribution in [3.8, 4) is 0 Å². The Bertz CT molecular complexity index is 1350. The fraction of sp³-hybridized carbons (Fsp3) is 0.367. The molecule has 4 rings (SSSR count). The van der Waals surface area contributed by atoms with Crippen molar-refractivity contribution in [3.63, 3.8) is 0 Å². The van der Waals surface area contributed by atoms with E-state index in [9.17, 15) is 0 Å². The van der Waals surface area contributed by atoms with E-state index in [4.69, 9.17) is 10.7 Å². The summed E-state index contributed by atoms with van der Waals surface area (Å²) < 4.78 is 0. The number of piperidine rings is 1. The Labute approximate surface area is 220 Å². The number of imidazole rings is 1. The molecule has 0 aliphatic carbocycles. The van der Waals surface area contributed by atoms with Gasteiger partial charge in [-0.3, -0.25) is 0 Å². The molecule has 1 aliphatic heterocycles. The van der Waals surface area contributed by atoms with Crippen LogP contribution in [0.3, 0.4) is 0 Å². The van der Waals surface area contributed by atoms with Crippen LogP contribution in [0.1, 0.15) is 63.9 Å². The fourth-order valence-electron chi connectivity index (χ4n) is 4.40. The van der Waals surface area contributed by atoms with Crippen LogP contribution in [0.15, 0.2) is 67.3 Å². The zero-order chi connectivity index (χ0) is 26.6. The van der Waals surface area contributed by atoms with Crippen molar-refractivity contribution < 1.29 is 0 Å². The quantitative estimate of drug-likeness (QED) is 0.324. The molecule has 0 saturated carbocycles. The molecular weight excluding hydrogens is 458 g/mol. The van der Waals surface area contributed by atoms with E-state index in [0.29, 0.717) is 12.2 Å². The predicted molar refractivity (Wildman–Crippen MR) is 155 cm³/mol. The topological polar surface area (TPSA) is 95.8 Å². The number of hydrogen-bond donors (Lipinski definition) is 3. The van der Waals surface area contributed by atoms with Crippen LogP contribution in [-0.4, -0.2) is 33.0 Å². The van der Waals surface area contributed by atoms with Crippen LogP contribution in [0.4, 0.5) is 11.6 Å². The Hall–Kier alpha value is -3.87. The van der Waals surface area contributed by atoms with Gasteiger partial charge < -0.3 is 20.9 Å². The second-order valence-corrected chi connectivity index (χ2v) is 10.6. The summed E-state index contributed by atoms with van der Waals surface area (Å²) in [6, 6.07) is 4.07. The van der Waals surface area contributed by atoms with Gasteiger partial charge >= 0.3 is 0 Å². The predicted octanol–water partition coefficient (Wildman–Crippen LogP) is 6.14. The lowest BCUT2D eigenvalue weighted by Gasteiger charge is -2.27. The summed E-state index contributed by atoms with van der Waals surface area (Å²) in [5.41, 5.74) is 12.9. The summed E-state index contributed by atoms with van der Waals surface area (Å²) in [7, 11) is 0. The van der Waals surface area contributed by atoms with Gasteiger partial charge in [-0.1, -0.05) is 40.0 Å². The van der Waals surface area contributed by atoms with Gasteiger partial charge in [-0.15, -0.1) is 0 Å². The zero-order valence-electron chi connectivity index (χ0n) is 22.6. The summed E-state index contributed by atoms with van der Waals surface area (Å²) in [4.78, 5) is 19.9. The molecule has 194 valence electrons. The van der Waals surface area contributed by atoms with Crippen LogP contribution in [0.5, 0.6) is 0 Å². The first kappa shape index (κ1) is 26.2. The molecule has 1 aliphatic rings. The van der Waals surface area contributed by atoms with Gasteiger partial charge in [0.05, 0.1) is 5.52 Å². The standard InChI is InChI=1S/C30H39N7/c1-7-21(17-24(8-2)34-20(3)30(4,5)6)23-16-22(28(31)33-19-23)18-26-35-25-12-13-32-29(27(25)36-26)37-14-10-9-11-15-37/h7-8,12-13,16-17,19,34H,2-3,9-11,14-15,18H2,1,4-6H3,(H2,31,33)(H,35,36)/b21-7+,24-17+. The summed E-state index contributed by atoms with van der Waals surface area (Å²) in [5.74, 6) is 2.31. The average Bonchev–Trinajstić information content (AvgIpc) is 3.30. The third kappa shape index (κ3) is 6.10. The van der Waals surface area contributed by atoms with Crippen LogP contribution < -0.4 is 16.0 Å². The molecule has 7 nitrogen and oxygen atoms in total. The number of H-pyrrole nitrogens is 1. The van der Waals surface area contributed by atoms with Crippen molar-refractivity contribution >= 4 is 28.2 Å². The number of allylic oxidation sites excluding steroid dienone is 5. The van der Waals surface area contributed by atoms with Gasteiger partial charge in [0.1, 0.15) is 17.2 Å². The van der Waals surface area contributed by atoms with Gasteiger partial charge in [-0.2, -0.15) is 0 Å². The monoisotopic (exact) mass is 497 g/mol. The second kappa shape index (κ2) is 11.0. The molecule has 0 aromatic carbocycles. The lowest BCUT2D eigenvalue weighted by molar-refractivity contribution is 0.478. The maximum Gasteiger partial charge on any atom is 0.156 e. The molecule has 4 N–H and O–H groups in total. The van der Waals surface area contributed by atoms with Gasteiger partial charge in [-0.05, 0) is 56.0 Å². The van der Waals surface area contributed by atoms with E-state index < -0.39 is 0 Å². The number of rotatable bonds is 8. The molecular formula is C30H39N7. The van der Waals surface area contributed by atoms with Crippen molar-refractivity contribution in [2.24, 2.45) is 5.41 Å². The van der Waals surface area contributed by atoms with E-state index in [0.717, 1.165) is 63.9 Å². The van der Waals surface area contributed by atoms with Crippen LogP contribution in [-0.2, 0) is 6.42 Å². The Morgan fingerprint density at radius 3 is 2.65 bits per heavy atom. The Morgan fingerprint density at radius 2 is 1.97 bits per heavy atom. The summed E-state index contributed by atoms with van der Waals surface area (Å²) in [5, 5.41) is 3.39. The van der Waals surface area contributed by atoms with Gasteiger partial charge in [0.15, 0.2) is 5.82 Å². The third-order valence-electron chi connectivity index (χ3n) is 6.82. The van der Waals surface area contributed by atoms with Crippen LogP contribution in [0, 0.1) is 5.41 Å². The van der Waals surface area contributed by atoms with Gasteiger partial charge in [0.25, 0.3) is 0 Å². The molecule has 0 spiro atoms. The largest absolute Gasteiger partial charge is 0.383 e. The number of aromatic amines is 1. The molecule has 4 heterocycles. The minimum atomic E-state index is -0.0654. The highest BCUT2D eigenvalue weighted by Gasteiger charge is 2.18. The Balaban J connectivity index is 1.60. The molecule has 3 aromatic rings. The molecule has 1 fully saturated rings. The van der Waals surface area contributed by atoms with E-state index in [-0.39, 0.29) is 5.41 Å². The normalized spacial score (nSPS) is 15.2. The molecule has 7 heteroatoms. The van der Waals surface area contributed by atoms with Gasteiger partial charge in [-0.25, -0.2) is 15.0 Å². The maximum absolute atomic E-state index is 6.31. The van der Waals surface area contributed by atoms with Crippen LogP contribution >= 0.6 is 0 Å². The number of pyridine rings is 2. The smallest absolute Gasteiger partial charge is 0.156 e. The molecule has 0 bridgehead atoms. The lowest BCUT2D eigenvalue weighted by Crippen LogP contribution is -2.30. The van der Waals surface area contributed by atoms with E-state index in [1.807, 2.05) is 19.2 Å². The fourth-order valence-corrected chi connectivity index (χ4v) is 4.40. The first-order valence-electron chi connectivity index (χ1n) is 13.0. The summed E-state index contributed by atoms with van der Waals surface area (Å²) in [6.45, 7) is 18.6. The number of anilines is 2. The number of nitrogen functional groups attached to an aromatic ring is 1. The molecule has 0 unspecified atom stereocenters. The highest BCUT2D eigenvalue weighted by atomic mass is 15.2. The number of fused-ring (bicyclic) bond motifs is 1. The van der Waals surface area contributed by atoms with Crippen LogP contribution in [0.2, 0.25) is 0 Å². The van der Waals surface area contributed by atoms with E-state index in [2.05, 4.69) is 77.3 Å². The molecule has 3 aromatic heterocycles. The first-order chi connectivity index (χ1) is 17.7. The van der Waals surface area contributed by atoms with Crippen molar-refractivity contribution in [2.75, 3.05) is 23.7 Å². The SMILES string of the molecule is C=C/C(=C\C(=C/C)c1cnc(N)c(Cc2nc3c(N4CCCCC4)nccc3[nH]2)c1)NC(=C)C(C)(C)C. The second-order valence-electron chi connectivity index (χ2n) is 10.6. The molecule has 0 radical (unpaired) electrons. The van der Waals surface area contributed by atoms with Gasteiger partial charge in [0.2, 0.25) is 0 Å². The van der Waals surface area contributed by atoms with Crippen molar-refractivity contribution in [1.82, 2.24) is 25.3 Å². The van der Waals surface area contributed by atoms with Crippen molar-refractivity contribution in [1.29, 1.82) is 0 Å². The van der Waals surface area contributed by atoms with Crippen LogP contribution in [0.25, 0.3) is 16.6 Å².